The Bertz CT molecular complexity index is 679. The van der Waals surface area contributed by atoms with E-state index in [-0.39, 0.29) is 24.9 Å². The Kier molecular flexibility index (Phi) is 6.62. The molecule has 0 saturated heterocycles. The second kappa shape index (κ2) is 8.21. The predicted molar refractivity (Wildman–Crippen MR) is 88.6 cm³/mol. The number of nitrogens with two attached hydrogens (primary N) is 1. The molecule has 2 rings (SSSR count). The molecular formula is C14H14Cl2N4O2. The van der Waals surface area contributed by atoms with E-state index in [4.69, 9.17) is 17.3 Å². The number of anilines is 2. The van der Waals surface area contributed by atoms with E-state index >= 15 is 0 Å². The van der Waals surface area contributed by atoms with E-state index in [2.05, 4.69) is 15.6 Å². The molecular weight excluding hydrogens is 327 g/mol. The number of carbonyl (C=O) groups excluding carboxylic acids is 2. The number of nitrogens with one attached hydrogen (secondary N) is 2. The third kappa shape index (κ3) is 4.61. The number of nitrogens with zero attached hydrogens (tertiary/aromatic N) is 1. The van der Waals surface area contributed by atoms with Gasteiger partial charge in [0, 0.05) is 6.20 Å². The molecule has 1 aromatic carbocycles. The zero-order chi connectivity index (χ0) is 15.2. The predicted octanol–water partition coefficient (Wildman–Crippen LogP) is 2.31. The number of rotatable bonds is 5. The Labute approximate surface area is 138 Å². The van der Waals surface area contributed by atoms with Gasteiger partial charge in [-0.25, -0.2) is 4.98 Å². The van der Waals surface area contributed by atoms with Crippen LogP contribution in [0.3, 0.4) is 0 Å². The Morgan fingerprint density at radius 1 is 1.18 bits per heavy atom. The topological polar surface area (TPSA) is 97.1 Å². The van der Waals surface area contributed by atoms with Crippen LogP contribution >= 0.6 is 24.0 Å². The van der Waals surface area contributed by atoms with Crippen LogP contribution in [0.15, 0.2) is 42.6 Å². The molecule has 0 spiro atoms. The van der Waals surface area contributed by atoms with E-state index in [0.717, 1.165) is 0 Å². The lowest BCUT2D eigenvalue weighted by molar-refractivity contribution is -0.116. The van der Waals surface area contributed by atoms with Crippen molar-refractivity contribution in [1.29, 1.82) is 0 Å². The molecule has 6 nitrogen and oxygen atoms in total. The largest absolute Gasteiger partial charge is 0.368 e. The average Bonchev–Trinajstić information content (AvgIpc) is 2.46. The fourth-order valence-corrected chi connectivity index (χ4v) is 1.87. The van der Waals surface area contributed by atoms with Crippen LogP contribution < -0.4 is 16.4 Å². The lowest BCUT2D eigenvalue weighted by Crippen LogP contribution is -2.23. The summed E-state index contributed by atoms with van der Waals surface area (Å²) in [4.78, 5) is 27.0. The highest BCUT2D eigenvalue weighted by Gasteiger charge is 2.12. The van der Waals surface area contributed by atoms with Gasteiger partial charge in [0.2, 0.25) is 5.91 Å². The first-order valence-corrected chi connectivity index (χ1v) is 6.49. The summed E-state index contributed by atoms with van der Waals surface area (Å²) in [7, 11) is 0. The minimum atomic E-state index is -0.524. The van der Waals surface area contributed by atoms with Crippen molar-refractivity contribution in [3.05, 3.63) is 53.2 Å². The lowest BCUT2D eigenvalue weighted by atomic mass is 10.2. The summed E-state index contributed by atoms with van der Waals surface area (Å²) in [5.74, 6) is -0.531. The van der Waals surface area contributed by atoms with Crippen molar-refractivity contribution in [1.82, 2.24) is 4.98 Å². The van der Waals surface area contributed by atoms with Gasteiger partial charge in [0.05, 0.1) is 22.8 Å². The van der Waals surface area contributed by atoms with Gasteiger partial charge in [-0.05, 0) is 24.3 Å². The maximum Gasteiger partial charge on any atom is 0.257 e. The van der Waals surface area contributed by atoms with Crippen LogP contribution in [0.1, 0.15) is 10.4 Å². The molecule has 0 fully saturated rings. The third-order valence-corrected chi connectivity index (χ3v) is 2.93. The van der Waals surface area contributed by atoms with E-state index in [9.17, 15) is 9.59 Å². The van der Waals surface area contributed by atoms with Crippen LogP contribution in [0, 0.1) is 0 Å². The number of aromatic nitrogens is 1. The average molecular weight is 341 g/mol. The highest BCUT2D eigenvalue weighted by atomic mass is 35.5. The van der Waals surface area contributed by atoms with Crippen molar-refractivity contribution in [2.75, 3.05) is 17.2 Å². The van der Waals surface area contributed by atoms with Crippen LogP contribution in [0.25, 0.3) is 0 Å². The zero-order valence-electron chi connectivity index (χ0n) is 11.4. The van der Waals surface area contributed by atoms with Gasteiger partial charge in [-0.2, -0.15) is 0 Å². The van der Waals surface area contributed by atoms with E-state index in [1.165, 1.54) is 6.20 Å². The molecule has 0 unspecified atom stereocenters. The Balaban J connectivity index is 0.00000242. The molecule has 8 heteroatoms. The van der Waals surface area contributed by atoms with E-state index in [1.807, 2.05) is 0 Å². The Morgan fingerprint density at radius 2 is 1.91 bits per heavy atom. The van der Waals surface area contributed by atoms with Crippen molar-refractivity contribution in [3.63, 3.8) is 0 Å². The van der Waals surface area contributed by atoms with Gasteiger partial charge in [-0.1, -0.05) is 23.7 Å². The quantitative estimate of drug-likeness (QED) is 0.777. The van der Waals surface area contributed by atoms with Crippen molar-refractivity contribution in [3.8, 4) is 0 Å². The highest BCUT2D eigenvalue weighted by molar-refractivity contribution is 6.34. The zero-order valence-corrected chi connectivity index (χ0v) is 12.9. The van der Waals surface area contributed by atoms with Gasteiger partial charge >= 0.3 is 0 Å². The minimum Gasteiger partial charge on any atom is -0.368 e. The third-order valence-electron chi connectivity index (χ3n) is 2.60. The fraction of sp³-hybridized carbons (Fsp3) is 0.0714. The van der Waals surface area contributed by atoms with Gasteiger partial charge < -0.3 is 16.4 Å². The molecule has 0 bridgehead atoms. The molecule has 4 N–H and O–H groups in total. The standard InChI is InChI=1S/C14H13ClN4O2.ClH/c15-10-5-2-1-4-9(10)14(21)19-11-6-3-7-17-13(11)18-8-12(16)20;/h1-7H,8H2,(H2,16,20)(H,17,18)(H,19,21);1H. The molecule has 22 heavy (non-hydrogen) atoms. The monoisotopic (exact) mass is 340 g/mol. The van der Waals surface area contributed by atoms with Crippen molar-refractivity contribution >= 4 is 47.3 Å². The molecule has 116 valence electrons. The summed E-state index contributed by atoms with van der Waals surface area (Å²) in [5, 5.41) is 5.79. The van der Waals surface area contributed by atoms with Crippen LogP contribution in [-0.4, -0.2) is 23.3 Å². The number of benzene rings is 1. The smallest absolute Gasteiger partial charge is 0.257 e. The molecule has 0 aliphatic heterocycles. The summed E-state index contributed by atoms with van der Waals surface area (Å²) >= 11 is 5.97. The summed E-state index contributed by atoms with van der Waals surface area (Å²) in [6, 6.07) is 10.0. The molecule has 0 radical (unpaired) electrons. The van der Waals surface area contributed by atoms with Gasteiger partial charge in [-0.3, -0.25) is 9.59 Å². The number of halogens is 2. The maximum atomic E-state index is 12.2. The molecule has 1 heterocycles. The number of amides is 2. The van der Waals surface area contributed by atoms with Crippen LogP contribution in [0.2, 0.25) is 5.02 Å². The molecule has 0 saturated carbocycles. The van der Waals surface area contributed by atoms with Crippen molar-refractivity contribution in [2.24, 2.45) is 5.73 Å². The lowest BCUT2D eigenvalue weighted by Gasteiger charge is -2.11. The first-order chi connectivity index (χ1) is 10.1. The molecule has 0 aliphatic rings. The minimum absolute atomic E-state index is 0. The first-order valence-electron chi connectivity index (χ1n) is 6.11. The molecule has 1 aromatic heterocycles. The number of hydrogen-bond acceptors (Lipinski definition) is 4. The van der Waals surface area contributed by atoms with Gasteiger partial charge in [-0.15, -0.1) is 12.4 Å². The highest BCUT2D eigenvalue weighted by Crippen LogP contribution is 2.21. The van der Waals surface area contributed by atoms with Crippen LogP contribution in [0.4, 0.5) is 11.5 Å². The van der Waals surface area contributed by atoms with E-state index in [0.29, 0.717) is 22.1 Å². The SMILES string of the molecule is Cl.NC(=O)CNc1ncccc1NC(=O)c1ccccc1Cl. The maximum absolute atomic E-state index is 12.2. The summed E-state index contributed by atoms with van der Waals surface area (Å²) in [6.45, 7) is -0.0774. The Hall–Kier alpha value is -2.31. The summed E-state index contributed by atoms with van der Waals surface area (Å²) < 4.78 is 0. The number of hydrogen-bond donors (Lipinski definition) is 3. The van der Waals surface area contributed by atoms with E-state index < -0.39 is 5.91 Å². The molecule has 0 aliphatic carbocycles. The van der Waals surface area contributed by atoms with Crippen LogP contribution in [0.5, 0.6) is 0 Å². The van der Waals surface area contributed by atoms with Crippen LogP contribution in [-0.2, 0) is 4.79 Å². The van der Waals surface area contributed by atoms with Crippen molar-refractivity contribution in [2.45, 2.75) is 0 Å². The summed E-state index contributed by atoms with van der Waals surface area (Å²) in [6.07, 6.45) is 1.54. The fourth-order valence-electron chi connectivity index (χ4n) is 1.65. The second-order valence-electron chi connectivity index (χ2n) is 4.15. The van der Waals surface area contributed by atoms with Gasteiger partial charge in [0.15, 0.2) is 0 Å². The van der Waals surface area contributed by atoms with Gasteiger partial charge in [0.25, 0.3) is 5.91 Å². The van der Waals surface area contributed by atoms with Gasteiger partial charge in [0.1, 0.15) is 5.82 Å². The molecule has 2 aromatic rings. The van der Waals surface area contributed by atoms with Crippen molar-refractivity contribution < 1.29 is 9.59 Å². The Morgan fingerprint density at radius 3 is 2.59 bits per heavy atom. The number of primary amides is 1. The number of carbonyl (C=O) groups is 2. The summed E-state index contributed by atoms with van der Waals surface area (Å²) in [5.41, 5.74) is 5.85. The first kappa shape index (κ1) is 17.7. The second-order valence-corrected chi connectivity index (χ2v) is 4.56. The molecule has 0 atom stereocenters. The van der Waals surface area contributed by atoms with E-state index in [1.54, 1.807) is 36.4 Å². The number of pyridine rings is 1. The normalized spacial score (nSPS) is 9.50. The molecule has 2 amide bonds.